The smallest absolute Gasteiger partial charge is 0.253 e. The van der Waals surface area contributed by atoms with Gasteiger partial charge < -0.3 is 20.5 Å². The number of thiazole rings is 1. The summed E-state index contributed by atoms with van der Waals surface area (Å²) in [5.41, 5.74) is 9.30. The van der Waals surface area contributed by atoms with E-state index in [0.29, 0.717) is 29.3 Å². The van der Waals surface area contributed by atoms with Crippen molar-refractivity contribution in [1.29, 1.82) is 0 Å². The molecule has 20 heavy (non-hydrogen) atoms. The average molecular weight is 291 g/mol. The quantitative estimate of drug-likeness (QED) is 0.840. The van der Waals surface area contributed by atoms with Gasteiger partial charge in [-0.25, -0.2) is 4.98 Å². The Kier molecular flexibility index (Phi) is 3.19. The highest BCUT2D eigenvalue weighted by Crippen LogP contribution is 2.35. The first-order valence-corrected chi connectivity index (χ1v) is 6.89. The summed E-state index contributed by atoms with van der Waals surface area (Å²) in [5, 5.41) is 2.83. The van der Waals surface area contributed by atoms with Gasteiger partial charge in [0, 0.05) is 16.6 Å². The predicted octanol–water partition coefficient (Wildman–Crippen LogP) is 1.69. The molecule has 0 saturated heterocycles. The normalized spacial score (nSPS) is 12.4. The summed E-state index contributed by atoms with van der Waals surface area (Å²) >= 11 is 1.51. The number of hydrogen-bond donors (Lipinski definition) is 2. The molecule has 0 atom stereocenters. The van der Waals surface area contributed by atoms with E-state index in [1.165, 1.54) is 11.3 Å². The van der Waals surface area contributed by atoms with E-state index in [2.05, 4.69) is 10.3 Å². The summed E-state index contributed by atoms with van der Waals surface area (Å²) in [6.07, 6.45) is 0. The Labute approximate surface area is 119 Å². The summed E-state index contributed by atoms with van der Waals surface area (Å²) in [5.74, 6) is 0.865. The molecular formula is C13H13N3O3S. The molecule has 0 unspecified atom stereocenters. The molecule has 1 aliphatic heterocycles. The lowest BCUT2D eigenvalue weighted by Gasteiger charge is -2.08. The molecule has 3 rings (SSSR count). The number of nitrogen functional groups attached to an aromatic ring is 1. The van der Waals surface area contributed by atoms with E-state index >= 15 is 0 Å². The highest BCUT2D eigenvalue weighted by Gasteiger charge is 2.19. The molecule has 1 aromatic carbocycles. The predicted molar refractivity (Wildman–Crippen MR) is 75.0 cm³/mol. The molecule has 2 heterocycles. The number of amides is 1. The van der Waals surface area contributed by atoms with Crippen molar-refractivity contribution >= 4 is 22.9 Å². The van der Waals surface area contributed by atoms with E-state index in [1.807, 2.05) is 6.92 Å². The first-order valence-electron chi connectivity index (χ1n) is 6.01. The summed E-state index contributed by atoms with van der Waals surface area (Å²) in [7, 11) is 0. The molecule has 0 bridgehead atoms. The van der Waals surface area contributed by atoms with Crippen molar-refractivity contribution in [3.05, 3.63) is 33.8 Å². The summed E-state index contributed by atoms with van der Waals surface area (Å²) in [6, 6.07) is 3.21. The van der Waals surface area contributed by atoms with E-state index in [9.17, 15) is 4.79 Å². The van der Waals surface area contributed by atoms with Gasteiger partial charge in [0.2, 0.25) is 6.79 Å². The maximum Gasteiger partial charge on any atom is 0.253 e. The van der Waals surface area contributed by atoms with Crippen LogP contribution in [-0.2, 0) is 6.54 Å². The van der Waals surface area contributed by atoms with Crippen molar-refractivity contribution in [3.8, 4) is 11.5 Å². The number of carbonyl (C=O) groups excluding carboxylic acids is 1. The SMILES string of the molecule is Cc1ncsc1CNC(=O)c1cc2c(cc1N)OCO2. The van der Waals surface area contributed by atoms with Crippen LogP contribution in [0.5, 0.6) is 11.5 Å². The molecule has 3 N–H and O–H groups in total. The fourth-order valence-corrected chi connectivity index (χ4v) is 2.62. The fraction of sp³-hybridized carbons (Fsp3) is 0.231. The molecule has 0 radical (unpaired) electrons. The van der Waals surface area contributed by atoms with Crippen LogP contribution >= 0.6 is 11.3 Å². The van der Waals surface area contributed by atoms with Crippen molar-refractivity contribution in [2.45, 2.75) is 13.5 Å². The van der Waals surface area contributed by atoms with Gasteiger partial charge in [-0.3, -0.25) is 4.79 Å². The van der Waals surface area contributed by atoms with Crippen LogP contribution in [0.3, 0.4) is 0 Å². The maximum absolute atomic E-state index is 12.2. The van der Waals surface area contributed by atoms with Crippen LogP contribution < -0.4 is 20.5 Å². The van der Waals surface area contributed by atoms with Crippen LogP contribution in [0.25, 0.3) is 0 Å². The number of ether oxygens (including phenoxy) is 2. The van der Waals surface area contributed by atoms with Gasteiger partial charge in [0.1, 0.15) is 0 Å². The number of anilines is 1. The Hall–Kier alpha value is -2.28. The molecule has 6 nitrogen and oxygen atoms in total. The number of nitrogens with zero attached hydrogens (tertiary/aromatic N) is 1. The molecule has 2 aromatic rings. The van der Waals surface area contributed by atoms with E-state index in [4.69, 9.17) is 15.2 Å². The highest BCUT2D eigenvalue weighted by atomic mass is 32.1. The third kappa shape index (κ3) is 2.27. The Morgan fingerprint density at radius 2 is 2.20 bits per heavy atom. The fourth-order valence-electron chi connectivity index (χ4n) is 1.91. The zero-order valence-electron chi connectivity index (χ0n) is 10.8. The second kappa shape index (κ2) is 5.01. The second-order valence-electron chi connectivity index (χ2n) is 4.34. The Bertz CT molecular complexity index is 669. The van der Waals surface area contributed by atoms with E-state index < -0.39 is 0 Å². The number of aryl methyl sites for hydroxylation is 1. The lowest BCUT2D eigenvalue weighted by molar-refractivity contribution is 0.0951. The van der Waals surface area contributed by atoms with Crippen LogP contribution in [0.15, 0.2) is 17.6 Å². The monoisotopic (exact) mass is 291 g/mol. The van der Waals surface area contributed by atoms with Gasteiger partial charge in [0.05, 0.1) is 23.3 Å². The third-order valence-electron chi connectivity index (χ3n) is 3.04. The van der Waals surface area contributed by atoms with Crippen molar-refractivity contribution in [3.63, 3.8) is 0 Å². The van der Waals surface area contributed by atoms with Gasteiger partial charge >= 0.3 is 0 Å². The van der Waals surface area contributed by atoms with E-state index in [-0.39, 0.29) is 12.7 Å². The number of benzene rings is 1. The maximum atomic E-state index is 12.2. The van der Waals surface area contributed by atoms with Gasteiger partial charge in [-0.15, -0.1) is 11.3 Å². The van der Waals surface area contributed by atoms with Crippen molar-refractivity contribution in [1.82, 2.24) is 10.3 Å². The molecule has 1 aliphatic rings. The first kappa shape index (κ1) is 12.7. The van der Waals surface area contributed by atoms with Crippen LogP contribution in [0.2, 0.25) is 0 Å². The van der Waals surface area contributed by atoms with Crippen LogP contribution in [0.4, 0.5) is 5.69 Å². The number of aromatic nitrogens is 1. The molecule has 1 amide bonds. The topological polar surface area (TPSA) is 86.5 Å². The zero-order chi connectivity index (χ0) is 14.1. The van der Waals surface area contributed by atoms with Gasteiger partial charge in [-0.1, -0.05) is 0 Å². The van der Waals surface area contributed by atoms with Crippen molar-refractivity contribution in [2.75, 3.05) is 12.5 Å². The minimum absolute atomic E-state index is 0.153. The molecular weight excluding hydrogens is 278 g/mol. The van der Waals surface area contributed by atoms with Crippen molar-refractivity contribution < 1.29 is 14.3 Å². The number of nitrogens with two attached hydrogens (primary N) is 1. The molecule has 104 valence electrons. The van der Waals surface area contributed by atoms with Crippen molar-refractivity contribution in [2.24, 2.45) is 0 Å². The largest absolute Gasteiger partial charge is 0.454 e. The Morgan fingerprint density at radius 3 is 2.90 bits per heavy atom. The highest BCUT2D eigenvalue weighted by molar-refractivity contribution is 7.09. The third-order valence-corrected chi connectivity index (χ3v) is 3.98. The van der Waals surface area contributed by atoms with Crippen LogP contribution in [0, 0.1) is 6.92 Å². The van der Waals surface area contributed by atoms with Crippen LogP contribution in [-0.4, -0.2) is 17.7 Å². The Morgan fingerprint density at radius 1 is 1.45 bits per heavy atom. The number of fused-ring (bicyclic) bond motifs is 1. The summed E-state index contributed by atoms with van der Waals surface area (Å²) in [6.45, 7) is 2.50. The van der Waals surface area contributed by atoms with E-state index in [1.54, 1.807) is 17.6 Å². The zero-order valence-corrected chi connectivity index (χ0v) is 11.6. The second-order valence-corrected chi connectivity index (χ2v) is 5.28. The Balaban J connectivity index is 1.76. The van der Waals surface area contributed by atoms with Gasteiger partial charge in [-0.2, -0.15) is 0 Å². The minimum Gasteiger partial charge on any atom is -0.454 e. The van der Waals surface area contributed by atoms with Gasteiger partial charge in [0.15, 0.2) is 11.5 Å². The molecule has 0 aliphatic carbocycles. The standard InChI is InChI=1S/C13H13N3O3S/c1-7-12(20-5-16-7)4-15-13(17)8-2-10-11(3-9(8)14)19-6-18-10/h2-3,5H,4,6,14H2,1H3,(H,15,17). The lowest BCUT2D eigenvalue weighted by Crippen LogP contribution is -2.23. The number of carbonyl (C=O) groups is 1. The van der Waals surface area contributed by atoms with Gasteiger partial charge in [-0.05, 0) is 13.0 Å². The molecule has 0 saturated carbocycles. The molecule has 0 fully saturated rings. The number of hydrogen-bond acceptors (Lipinski definition) is 6. The first-order chi connectivity index (χ1) is 9.65. The molecule has 0 spiro atoms. The number of rotatable bonds is 3. The average Bonchev–Trinajstić information content (AvgIpc) is 3.03. The van der Waals surface area contributed by atoms with E-state index in [0.717, 1.165) is 10.6 Å². The summed E-state index contributed by atoms with van der Waals surface area (Å²) in [4.78, 5) is 17.3. The molecule has 1 aromatic heterocycles. The minimum atomic E-state index is -0.242. The lowest BCUT2D eigenvalue weighted by atomic mass is 10.1. The number of nitrogens with one attached hydrogen (secondary N) is 1. The summed E-state index contributed by atoms with van der Waals surface area (Å²) < 4.78 is 10.5. The van der Waals surface area contributed by atoms with Crippen LogP contribution in [0.1, 0.15) is 20.9 Å². The van der Waals surface area contributed by atoms with Gasteiger partial charge in [0.25, 0.3) is 5.91 Å². The molecule has 7 heteroatoms.